The number of benzene rings is 1. The van der Waals surface area contributed by atoms with Crippen LogP contribution < -0.4 is 5.32 Å². The quantitative estimate of drug-likeness (QED) is 0.528. The third-order valence-corrected chi connectivity index (χ3v) is 4.94. The van der Waals surface area contributed by atoms with Gasteiger partial charge in [0.15, 0.2) is 0 Å². The normalized spacial score (nSPS) is 11.5. The van der Waals surface area contributed by atoms with Crippen LogP contribution in [0.2, 0.25) is 0 Å². The third kappa shape index (κ3) is 3.13. The van der Waals surface area contributed by atoms with Crippen LogP contribution in [0.15, 0.2) is 30.6 Å². The van der Waals surface area contributed by atoms with Gasteiger partial charge in [-0.25, -0.2) is 19.9 Å². The fourth-order valence-corrected chi connectivity index (χ4v) is 3.62. The molecule has 0 saturated carbocycles. The Kier molecular flexibility index (Phi) is 4.18. The number of aromatic amines is 1. The van der Waals surface area contributed by atoms with Gasteiger partial charge in [0.1, 0.15) is 22.5 Å². The molecule has 0 fully saturated rings. The summed E-state index contributed by atoms with van der Waals surface area (Å²) < 4.78 is 0. The molecule has 6 nitrogen and oxygen atoms in total. The number of imidazole rings is 1. The van der Waals surface area contributed by atoms with Gasteiger partial charge < -0.3 is 10.3 Å². The molecule has 0 aliphatic rings. The van der Waals surface area contributed by atoms with Crippen LogP contribution in [0, 0.1) is 6.92 Å². The molecule has 3 heterocycles. The van der Waals surface area contributed by atoms with E-state index in [2.05, 4.69) is 36.3 Å². The second-order valence-corrected chi connectivity index (χ2v) is 6.73. The summed E-state index contributed by atoms with van der Waals surface area (Å²) >= 11 is 1.65. The summed E-state index contributed by atoms with van der Waals surface area (Å²) in [7, 11) is 0. The van der Waals surface area contributed by atoms with E-state index < -0.39 is 0 Å². The van der Waals surface area contributed by atoms with Crippen LogP contribution in [-0.2, 0) is 12.8 Å². The molecule has 0 aliphatic heterocycles. The number of rotatable bonds is 6. The molecular formula is C17H18N6S. The number of para-hydroxylation sites is 2. The molecule has 4 rings (SSSR count). The van der Waals surface area contributed by atoms with E-state index in [-0.39, 0.29) is 0 Å². The maximum atomic E-state index is 4.63. The number of aryl methyl sites for hydroxylation is 1. The summed E-state index contributed by atoms with van der Waals surface area (Å²) in [6, 6.07) is 8.11. The SMILES string of the molecule is Cc1ncnc2sc(CCNCCc3nc4ccccc4[nH]3)nc12. The monoisotopic (exact) mass is 338 g/mol. The summed E-state index contributed by atoms with van der Waals surface area (Å²) in [6.45, 7) is 3.76. The number of nitrogens with zero attached hydrogens (tertiary/aromatic N) is 4. The van der Waals surface area contributed by atoms with Crippen LogP contribution in [0.25, 0.3) is 21.4 Å². The lowest BCUT2D eigenvalue weighted by Gasteiger charge is -2.01. The summed E-state index contributed by atoms with van der Waals surface area (Å²) in [5, 5.41) is 4.56. The molecule has 0 aliphatic carbocycles. The van der Waals surface area contributed by atoms with E-state index in [4.69, 9.17) is 0 Å². The molecule has 1 aromatic carbocycles. The van der Waals surface area contributed by atoms with Crippen molar-refractivity contribution in [3.05, 3.63) is 47.1 Å². The number of hydrogen-bond donors (Lipinski definition) is 2. The minimum Gasteiger partial charge on any atom is -0.342 e. The molecule has 0 atom stereocenters. The molecule has 4 aromatic rings. The smallest absolute Gasteiger partial charge is 0.147 e. The maximum absolute atomic E-state index is 4.63. The zero-order chi connectivity index (χ0) is 16.4. The van der Waals surface area contributed by atoms with Gasteiger partial charge in [0.25, 0.3) is 0 Å². The summed E-state index contributed by atoms with van der Waals surface area (Å²) in [4.78, 5) is 22.0. The highest BCUT2D eigenvalue weighted by atomic mass is 32.1. The van der Waals surface area contributed by atoms with Crippen molar-refractivity contribution in [2.24, 2.45) is 0 Å². The number of hydrogen-bond acceptors (Lipinski definition) is 6. The van der Waals surface area contributed by atoms with Crippen molar-refractivity contribution in [2.75, 3.05) is 13.1 Å². The molecule has 0 radical (unpaired) electrons. The van der Waals surface area contributed by atoms with Crippen molar-refractivity contribution in [3.8, 4) is 0 Å². The molecule has 24 heavy (non-hydrogen) atoms. The molecule has 7 heteroatoms. The van der Waals surface area contributed by atoms with Crippen LogP contribution >= 0.6 is 11.3 Å². The zero-order valence-corrected chi connectivity index (χ0v) is 14.2. The van der Waals surface area contributed by atoms with E-state index in [1.807, 2.05) is 25.1 Å². The highest BCUT2D eigenvalue weighted by Crippen LogP contribution is 2.21. The topological polar surface area (TPSA) is 79.4 Å². The number of thiazole rings is 1. The Morgan fingerprint density at radius 2 is 1.96 bits per heavy atom. The fourth-order valence-electron chi connectivity index (χ4n) is 2.67. The van der Waals surface area contributed by atoms with Crippen LogP contribution in [-0.4, -0.2) is 38.0 Å². The van der Waals surface area contributed by atoms with Gasteiger partial charge in [-0.2, -0.15) is 0 Å². The van der Waals surface area contributed by atoms with Gasteiger partial charge in [0.2, 0.25) is 0 Å². The second-order valence-electron chi connectivity index (χ2n) is 5.67. The zero-order valence-electron chi connectivity index (χ0n) is 13.4. The van der Waals surface area contributed by atoms with Crippen LogP contribution in [0.4, 0.5) is 0 Å². The highest BCUT2D eigenvalue weighted by molar-refractivity contribution is 7.18. The average molecular weight is 338 g/mol. The van der Waals surface area contributed by atoms with Gasteiger partial charge in [-0.1, -0.05) is 23.5 Å². The Labute approximate surface area is 143 Å². The van der Waals surface area contributed by atoms with Gasteiger partial charge in [0, 0.05) is 25.9 Å². The Hall–Kier alpha value is -2.38. The second kappa shape index (κ2) is 6.62. The first kappa shape index (κ1) is 15.2. The Bertz CT molecular complexity index is 940. The van der Waals surface area contributed by atoms with E-state index in [1.165, 1.54) is 0 Å². The molecule has 3 aromatic heterocycles. The number of fused-ring (bicyclic) bond motifs is 2. The number of H-pyrrole nitrogens is 1. The molecule has 122 valence electrons. The summed E-state index contributed by atoms with van der Waals surface area (Å²) in [6.07, 6.45) is 3.39. The standard InChI is InChI=1S/C17H18N6S/c1-11-16-17(20-10-19-11)24-15(23-16)7-9-18-8-6-14-21-12-4-2-3-5-13(12)22-14/h2-5,10,18H,6-9H2,1H3,(H,21,22). The lowest BCUT2D eigenvalue weighted by atomic mass is 10.3. The predicted molar refractivity (Wildman–Crippen MR) is 96.3 cm³/mol. The van der Waals surface area contributed by atoms with Crippen molar-refractivity contribution in [1.82, 2.24) is 30.2 Å². The lowest BCUT2D eigenvalue weighted by molar-refractivity contribution is 0.670. The molecule has 0 amide bonds. The van der Waals surface area contributed by atoms with Gasteiger partial charge >= 0.3 is 0 Å². The lowest BCUT2D eigenvalue weighted by Crippen LogP contribution is -2.20. The van der Waals surface area contributed by atoms with E-state index in [0.717, 1.165) is 63.8 Å². The molecule has 0 unspecified atom stereocenters. The van der Waals surface area contributed by atoms with E-state index in [9.17, 15) is 0 Å². The first-order chi connectivity index (χ1) is 11.8. The maximum Gasteiger partial charge on any atom is 0.147 e. The first-order valence-electron chi connectivity index (χ1n) is 8.01. The Morgan fingerprint density at radius 3 is 2.83 bits per heavy atom. The predicted octanol–water partition coefficient (Wildman–Crippen LogP) is 2.65. The number of aromatic nitrogens is 5. The minimum absolute atomic E-state index is 0.888. The van der Waals surface area contributed by atoms with Gasteiger partial charge in [0.05, 0.1) is 21.7 Å². The van der Waals surface area contributed by atoms with Gasteiger partial charge in [-0.3, -0.25) is 0 Å². The van der Waals surface area contributed by atoms with E-state index in [0.29, 0.717) is 0 Å². The molecular weight excluding hydrogens is 320 g/mol. The van der Waals surface area contributed by atoms with E-state index >= 15 is 0 Å². The Morgan fingerprint density at radius 1 is 1.08 bits per heavy atom. The number of nitrogens with one attached hydrogen (secondary N) is 2. The van der Waals surface area contributed by atoms with Crippen LogP contribution in [0.3, 0.4) is 0 Å². The molecule has 0 spiro atoms. The largest absolute Gasteiger partial charge is 0.342 e. The van der Waals surface area contributed by atoms with Gasteiger partial charge in [-0.05, 0) is 19.1 Å². The van der Waals surface area contributed by atoms with E-state index in [1.54, 1.807) is 17.7 Å². The Balaban J connectivity index is 1.28. The van der Waals surface area contributed by atoms with Crippen LogP contribution in [0.1, 0.15) is 16.5 Å². The van der Waals surface area contributed by atoms with Crippen molar-refractivity contribution in [3.63, 3.8) is 0 Å². The molecule has 2 N–H and O–H groups in total. The van der Waals surface area contributed by atoms with Crippen molar-refractivity contribution >= 4 is 32.7 Å². The molecule has 0 saturated heterocycles. The minimum atomic E-state index is 0.888. The molecule has 0 bridgehead atoms. The van der Waals surface area contributed by atoms with Crippen LogP contribution in [0.5, 0.6) is 0 Å². The first-order valence-corrected chi connectivity index (χ1v) is 8.82. The van der Waals surface area contributed by atoms with Gasteiger partial charge in [-0.15, -0.1) is 0 Å². The average Bonchev–Trinajstić information content (AvgIpc) is 3.18. The highest BCUT2D eigenvalue weighted by Gasteiger charge is 2.07. The van der Waals surface area contributed by atoms with Crippen molar-refractivity contribution in [1.29, 1.82) is 0 Å². The van der Waals surface area contributed by atoms with Crippen molar-refractivity contribution in [2.45, 2.75) is 19.8 Å². The fraction of sp³-hybridized carbons (Fsp3) is 0.294. The van der Waals surface area contributed by atoms with Crippen molar-refractivity contribution < 1.29 is 0 Å². The third-order valence-electron chi connectivity index (χ3n) is 3.92. The summed E-state index contributed by atoms with van der Waals surface area (Å²) in [5.74, 6) is 1.02. The summed E-state index contributed by atoms with van der Waals surface area (Å²) in [5.41, 5.74) is 4.00.